The molecule has 1 fully saturated rings. The predicted molar refractivity (Wildman–Crippen MR) is 143 cm³/mol. The quantitative estimate of drug-likeness (QED) is 0.219. The van der Waals surface area contributed by atoms with Gasteiger partial charge in [-0.3, -0.25) is 4.90 Å². The van der Waals surface area contributed by atoms with E-state index >= 15 is 0 Å². The molecule has 2 heterocycles. The van der Waals surface area contributed by atoms with Crippen LogP contribution in [-0.4, -0.2) is 55.2 Å². The summed E-state index contributed by atoms with van der Waals surface area (Å²) in [5.74, 6) is 0.577. The molecule has 0 radical (unpaired) electrons. The lowest BCUT2D eigenvalue weighted by Gasteiger charge is -2.26. The third-order valence-electron chi connectivity index (χ3n) is 5.71. The molecule has 0 spiro atoms. The van der Waals surface area contributed by atoms with E-state index in [1.165, 1.54) is 17.2 Å². The van der Waals surface area contributed by atoms with Gasteiger partial charge in [0.2, 0.25) is 0 Å². The highest BCUT2D eigenvalue weighted by molar-refractivity contribution is 14.0. The van der Waals surface area contributed by atoms with E-state index in [9.17, 15) is 4.39 Å². The molecule has 1 saturated heterocycles. The summed E-state index contributed by atoms with van der Waals surface area (Å²) < 4.78 is 19.0. The van der Waals surface area contributed by atoms with E-state index < -0.39 is 0 Å². The average Bonchev–Trinajstić information content (AvgIpc) is 3.21. The summed E-state index contributed by atoms with van der Waals surface area (Å²) in [7, 11) is 0. The second kappa shape index (κ2) is 12.9. The summed E-state index contributed by atoms with van der Waals surface area (Å²) in [5, 5.41) is 7.62. The minimum Gasteiger partial charge on any atom is -0.379 e. The number of nitrogens with one attached hydrogen (secondary N) is 3. The van der Waals surface area contributed by atoms with Crippen molar-refractivity contribution in [2.24, 2.45) is 4.99 Å². The lowest BCUT2D eigenvalue weighted by molar-refractivity contribution is 0.0342. The number of rotatable bonds is 8. The maximum atomic E-state index is 13.6. The second-order valence-corrected chi connectivity index (χ2v) is 8.08. The first-order valence-corrected chi connectivity index (χ1v) is 11.4. The molecule has 1 aromatic heterocycles. The van der Waals surface area contributed by atoms with Crippen molar-refractivity contribution in [2.45, 2.75) is 26.4 Å². The summed E-state index contributed by atoms with van der Waals surface area (Å²) in [5.41, 5.74) is 4.55. The fraction of sp³-hybridized carbons (Fsp3) is 0.400. The van der Waals surface area contributed by atoms with E-state index in [0.29, 0.717) is 13.1 Å². The molecular weight excluding hydrogens is 532 g/mol. The van der Waals surface area contributed by atoms with Crippen LogP contribution in [0.2, 0.25) is 0 Å². The number of ether oxygens (including phenoxy) is 1. The standard InChI is InChI=1S/C25H32FN5O.HI/c1-2-27-25(28-10-9-21-17-29-24-8-7-22(26)15-23(21)24)30-16-19-3-5-20(6-4-19)18-31-11-13-32-14-12-31;/h3-8,15,17,29H,2,9-14,16,18H2,1H3,(H2,27,28,30);1H. The van der Waals surface area contributed by atoms with Crippen LogP contribution in [0.25, 0.3) is 10.9 Å². The Balaban J connectivity index is 0.00000306. The number of H-pyrrole nitrogens is 1. The summed E-state index contributed by atoms with van der Waals surface area (Å²) in [6.45, 7) is 8.79. The molecule has 4 rings (SSSR count). The summed E-state index contributed by atoms with van der Waals surface area (Å²) >= 11 is 0. The summed E-state index contributed by atoms with van der Waals surface area (Å²) in [6.07, 6.45) is 2.73. The van der Waals surface area contributed by atoms with Crippen LogP contribution in [-0.2, 0) is 24.2 Å². The molecular formula is C25H33FIN5O. The third kappa shape index (κ3) is 7.41. The first-order chi connectivity index (χ1) is 15.7. The number of guanidine groups is 1. The van der Waals surface area contributed by atoms with Crippen molar-refractivity contribution in [1.29, 1.82) is 0 Å². The zero-order chi connectivity index (χ0) is 22.2. The van der Waals surface area contributed by atoms with E-state index in [1.54, 1.807) is 12.1 Å². The van der Waals surface area contributed by atoms with Gasteiger partial charge < -0.3 is 20.4 Å². The normalized spacial score (nSPS) is 14.8. The number of benzene rings is 2. The Kier molecular flexibility index (Phi) is 9.95. The molecule has 1 aliphatic heterocycles. The minimum absolute atomic E-state index is 0. The Labute approximate surface area is 212 Å². The zero-order valence-electron chi connectivity index (χ0n) is 19.1. The van der Waals surface area contributed by atoms with Crippen molar-refractivity contribution in [3.05, 3.63) is 71.2 Å². The molecule has 8 heteroatoms. The zero-order valence-corrected chi connectivity index (χ0v) is 21.4. The molecule has 0 atom stereocenters. The minimum atomic E-state index is -0.211. The number of halogens is 2. The van der Waals surface area contributed by atoms with Gasteiger partial charge in [0, 0.05) is 49.8 Å². The van der Waals surface area contributed by atoms with Crippen molar-refractivity contribution >= 4 is 40.8 Å². The number of hydrogen-bond acceptors (Lipinski definition) is 3. The van der Waals surface area contributed by atoms with Crippen LogP contribution in [0.1, 0.15) is 23.6 Å². The Bertz CT molecular complexity index is 1030. The van der Waals surface area contributed by atoms with Gasteiger partial charge in [0.1, 0.15) is 5.82 Å². The lowest BCUT2D eigenvalue weighted by Crippen LogP contribution is -2.38. The topological polar surface area (TPSA) is 64.7 Å². The van der Waals surface area contributed by atoms with Gasteiger partial charge in [-0.15, -0.1) is 24.0 Å². The van der Waals surface area contributed by atoms with Gasteiger partial charge >= 0.3 is 0 Å². The Hall–Kier alpha value is -2.17. The lowest BCUT2D eigenvalue weighted by atomic mass is 10.1. The van der Waals surface area contributed by atoms with Gasteiger partial charge in [-0.05, 0) is 48.2 Å². The van der Waals surface area contributed by atoms with E-state index in [0.717, 1.165) is 68.2 Å². The largest absolute Gasteiger partial charge is 0.379 e. The maximum Gasteiger partial charge on any atom is 0.191 e. The molecule has 3 aromatic rings. The van der Waals surface area contributed by atoms with Crippen LogP contribution in [0, 0.1) is 5.82 Å². The number of fused-ring (bicyclic) bond motifs is 1. The van der Waals surface area contributed by atoms with Crippen LogP contribution in [0.3, 0.4) is 0 Å². The fourth-order valence-electron chi connectivity index (χ4n) is 3.95. The number of morpholine rings is 1. The van der Waals surface area contributed by atoms with Crippen LogP contribution in [0.5, 0.6) is 0 Å². The highest BCUT2D eigenvalue weighted by Crippen LogP contribution is 2.19. The van der Waals surface area contributed by atoms with E-state index in [2.05, 4.69) is 51.7 Å². The predicted octanol–water partition coefficient (Wildman–Crippen LogP) is 4.06. The Morgan fingerprint density at radius 1 is 1.09 bits per heavy atom. The van der Waals surface area contributed by atoms with Crippen molar-refractivity contribution in [3.63, 3.8) is 0 Å². The summed E-state index contributed by atoms with van der Waals surface area (Å²) in [4.78, 5) is 10.4. The molecule has 2 aromatic carbocycles. The Morgan fingerprint density at radius 3 is 2.61 bits per heavy atom. The van der Waals surface area contributed by atoms with Crippen LogP contribution >= 0.6 is 24.0 Å². The van der Waals surface area contributed by atoms with Gasteiger partial charge in [-0.2, -0.15) is 0 Å². The van der Waals surface area contributed by atoms with Crippen LogP contribution in [0.15, 0.2) is 53.7 Å². The molecule has 6 nitrogen and oxygen atoms in total. The molecule has 1 aliphatic rings. The number of aromatic amines is 1. The average molecular weight is 565 g/mol. The highest BCUT2D eigenvalue weighted by Gasteiger charge is 2.10. The van der Waals surface area contributed by atoms with Crippen molar-refractivity contribution in [1.82, 2.24) is 20.5 Å². The number of aliphatic imine (C=N–C) groups is 1. The van der Waals surface area contributed by atoms with Gasteiger partial charge in [0.05, 0.1) is 19.8 Å². The van der Waals surface area contributed by atoms with Gasteiger partial charge in [0.15, 0.2) is 5.96 Å². The molecule has 0 bridgehead atoms. The molecule has 33 heavy (non-hydrogen) atoms. The van der Waals surface area contributed by atoms with E-state index in [1.807, 2.05) is 6.20 Å². The molecule has 0 unspecified atom stereocenters. The van der Waals surface area contributed by atoms with Crippen molar-refractivity contribution in [3.8, 4) is 0 Å². The molecule has 0 saturated carbocycles. The molecule has 0 aliphatic carbocycles. The number of aromatic nitrogens is 1. The second-order valence-electron chi connectivity index (χ2n) is 8.08. The first-order valence-electron chi connectivity index (χ1n) is 11.4. The van der Waals surface area contributed by atoms with Gasteiger partial charge in [-0.25, -0.2) is 9.38 Å². The smallest absolute Gasteiger partial charge is 0.191 e. The SMILES string of the molecule is CCNC(=NCc1ccc(CN2CCOCC2)cc1)NCCc1c[nH]c2ccc(F)cc12.I. The van der Waals surface area contributed by atoms with Crippen molar-refractivity contribution < 1.29 is 9.13 Å². The monoisotopic (exact) mass is 565 g/mol. The van der Waals surface area contributed by atoms with E-state index in [-0.39, 0.29) is 29.8 Å². The molecule has 178 valence electrons. The Morgan fingerprint density at radius 2 is 1.85 bits per heavy atom. The number of hydrogen-bond donors (Lipinski definition) is 3. The molecule has 0 amide bonds. The third-order valence-corrected chi connectivity index (χ3v) is 5.71. The van der Waals surface area contributed by atoms with Crippen LogP contribution < -0.4 is 10.6 Å². The van der Waals surface area contributed by atoms with E-state index in [4.69, 9.17) is 9.73 Å². The summed E-state index contributed by atoms with van der Waals surface area (Å²) in [6, 6.07) is 13.5. The van der Waals surface area contributed by atoms with Crippen LogP contribution in [0.4, 0.5) is 4.39 Å². The highest BCUT2D eigenvalue weighted by atomic mass is 127. The van der Waals surface area contributed by atoms with Crippen molar-refractivity contribution in [2.75, 3.05) is 39.4 Å². The van der Waals surface area contributed by atoms with Gasteiger partial charge in [-0.1, -0.05) is 24.3 Å². The first kappa shape index (κ1) is 25.5. The maximum absolute atomic E-state index is 13.6. The fourth-order valence-corrected chi connectivity index (χ4v) is 3.95. The van der Waals surface area contributed by atoms with Gasteiger partial charge in [0.25, 0.3) is 0 Å². The molecule has 3 N–H and O–H groups in total. The number of nitrogens with zero attached hydrogens (tertiary/aromatic N) is 2.